The Labute approximate surface area is 201 Å². The predicted octanol–water partition coefficient (Wildman–Crippen LogP) is 7.09. The molecule has 4 rings (SSSR count). The molecule has 3 aromatic carbocycles. The van der Waals surface area contributed by atoms with Crippen LogP contribution in [0, 0.1) is 6.92 Å². The highest BCUT2D eigenvalue weighted by molar-refractivity contribution is 6.30. The van der Waals surface area contributed by atoms with E-state index in [2.05, 4.69) is 62.5 Å². The van der Waals surface area contributed by atoms with Crippen LogP contribution in [0.4, 0.5) is 5.69 Å². The smallest absolute Gasteiger partial charge is 0.132 e. The minimum Gasteiger partial charge on any atom is -0.485 e. The number of hydrogen-bond donors (Lipinski definition) is 1. The zero-order chi connectivity index (χ0) is 23.4. The first-order valence-corrected chi connectivity index (χ1v) is 11.8. The van der Waals surface area contributed by atoms with Crippen LogP contribution in [0.25, 0.3) is 0 Å². The molecule has 1 heterocycles. The van der Waals surface area contributed by atoms with Crippen molar-refractivity contribution in [3.63, 3.8) is 0 Å². The summed E-state index contributed by atoms with van der Waals surface area (Å²) in [5.41, 5.74) is 5.04. The molecule has 1 aliphatic heterocycles. The maximum atomic E-state index is 6.42. The lowest BCUT2D eigenvalue weighted by Crippen LogP contribution is -2.51. The molecule has 174 valence electrons. The van der Waals surface area contributed by atoms with E-state index in [0.29, 0.717) is 18.2 Å². The Hall–Kier alpha value is -2.53. The zero-order valence-electron chi connectivity index (χ0n) is 19.7. The summed E-state index contributed by atoms with van der Waals surface area (Å²) in [4.78, 5) is 0. The van der Waals surface area contributed by atoms with Gasteiger partial charge in [-0.25, -0.2) is 0 Å². The summed E-state index contributed by atoms with van der Waals surface area (Å²) in [7, 11) is 0. The molecular formula is C28H32ClNO3. The Morgan fingerprint density at radius 1 is 1.00 bits per heavy atom. The fraction of sp³-hybridized carbons (Fsp3) is 0.357. The van der Waals surface area contributed by atoms with Crippen molar-refractivity contribution in [1.82, 2.24) is 0 Å². The second-order valence-corrected chi connectivity index (χ2v) is 9.41. The van der Waals surface area contributed by atoms with Gasteiger partial charge >= 0.3 is 0 Å². The summed E-state index contributed by atoms with van der Waals surface area (Å²) in [6.45, 7) is 10.0. The van der Waals surface area contributed by atoms with Crippen LogP contribution in [0.15, 0.2) is 66.7 Å². The van der Waals surface area contributed by atoms with Crippen LogP contribution in [-0.2, 0) is 22.6 Å². The Bertz CT molecular complexity index is 1100. The Kier molecular flexibility index (Phi) is 7.28. The number of aryl methyl sites for hydroxylation is 1. The normalized spacial score (nSPS) is 18.9. The Morgan fingerprint density at radius 3 is 2.58 bits per heavy atom. The van der Waals surface area contributed by atoms with Crippen molar-refractivity contribution in [3.8, 4) is 5.75 Å². The number of nitrogens with one attached hydrogen (secondary N) is 1. The SMILES string of the molecule is CCOC1c2cc(NCc3ccccc3C)ccc2OC(C)(C)C1OCc1cccc(Cl)c1. The van der Waals surface area contributed by atoms with Gasteiger partial charge in [-0.15, -0.1) is 0 Å². The lowest BCUT2D eigenvalue weighted by Gasteiger charge is -2.44. The average Bonchev–Trinajstić information content (AvgIpc) is 2.78. The minimum absolute atomic E-state index is 0.242. The van der Waals surface area contributed by atoms with Crippen molar-refractivity contribution in [2.45, 2.75) is 58.7 Å². The van der Waals surface area contributed by atoms with Gasteiger partial charge in [-0.1, -0.05) is 48.0 Å². The van der Waals surface area contributed by atoms with Gasteiger partial charge in [-0.05, 0) is 74.7 Å². The third-order valence-electron chi connectivity index (χ3n) is 6.06. The molecule has 2 atom stereocenters. The molecule has 0 saturated carbocycles. The highest BCUT2D eigenvalue weighted by Gasteiger charge is 2.45. The number of ether oxygens (including phenoxy) is 3. The maximum absolute atomic E-state index is 6.42. The molecule has 4 nitrogen and oxygen atoms in total. The van der Waals surface area contributed by atoms with E-state index in [1.54, 1.807) is 0 Å². The summed E-state index contributed by atoms with van der Waals surface area (Å²) in [6.07, 6.45) is -0.524. The van der Waals surface area contributed by atoms with E-state index in [9.17, 15) is 0 Å². The summed E-state index contributed by atoms with van der Waals surface area (Å²) in [6, 6.07) is 22.4. The number of halogens is 1. The van der Waals surface area contributed by atoms with Gasteiger partial charge in [0.15, 0.2) is 0 Å². The molecule has 1 aliphatic rings. The van der Waals surface area contributed by atoms with Gasteiger partial charge in [0.1, 0.15) is 23.6 Å². The van der Waals surface area contributed by atoms with Crippen molar-refractivity contribution in [3.05, 3.63) is 94.0 Å². The second kappa shape index (κ2) is 10.2. The monoisotopic (exact) mass is 465 g/mol. The van der Waals surface area contributed by atoms with Gasteiger partial charge in [0.2, 0.25) is 0 Å². The third-order valence-corrected chi connectivity index (χ3v) is 6.29. The molecule has 2 unspecified atom stereocenters. The summed E-state index contributed by atoms with van der Waals surface area (Å²) >= 11 is 6.16. The van der Waals surface area contributed by atoms with Crippen LogP contribution in [0.2, 0.25) is 5.02 Å². The molecule has 0 saturated heterocycles. The average molecular weight is 466 g/mol. The molecule has 33 heavy (non-hydrogen) atoms. The fourth-order valence-electron chi connectivity index (χ4n) is 4.31. The van der Waals surface area contributed by atoms with E-state index in [0.717, 1.165) is 29.1 Å². The first kappa shape index (κ1) is 23.6. The fourth-order valence-corrected chi connectivity index (χ4v) is 4.52. The Morgan fingerprint density at radius 2 is 1.82 bits per heavy atom. The number of hydrogen-bond acceptors (Lipinski definition) is 4. The van der Waals surface area contributed by atoms with Crippen molar-refractivity contribution < 1.29 is 14.2 Å². The molecule has 5 heteroatoms. The first-order valence-electron chi connectivity index (χ1n) is 11.5. The lowest BCUT2D eigenvalue weighted by molar-refractivity contribution is -0.165. The summed E-state index contributed by atoms with van der Waals surface area (Å²) < 4.78 is 19.1. The Balaban J connectivity index is 1.57. The summed E-state index contributed by atoms with van der Waals surface area (Å²) in [5.74, 6) is 0.836. The highest BCUT2D eigenvalue weighted by atomic mass is 35.5. The third kappa shape index (κ3) is 5.52. The largest absolute Gasteiger partial charge is 0.485 e. The minimum atomic E-state index is -0.554. The van der Waals surface area contributed by atoms with Crippen molar-refractivity contribution in [1.29, 1.82) is 0 Å². The van der Waals surface area contributed by atoms with Gasteiger partial charge in [-0.3, -0.25) is 0 Å². The van der Waals surface area contributed by atoms with Crippen molar-refractivity contribution >= 4 is 17.3 Å². The molecule has 0 aromatic heterocycles. The number of anilines is 1. The van der Waals surface area contributed by atoms with E-state index < -0.39 is 5.60 Å². The van der Waals surface area contributed by atoms with Gasteiger partial charge < -0.3 is 19.5 Å². The molecule has 0 amide bonds. The molecular weight excluding hydrogens is 434 g/mol. The molecule has 1 N–H and O–H groups in total. The first-order chi connectivity index (χ1) is 15.9. The van der Waals surface area contributed by atoms with Crippen LogP contribution in [0.1, 0.15) is 49.1 Å². The number of fused-ring (bicyclic) bond motifs is 1. The zero-order valence-corrected chi connectivity index (χ0v) is 20.5. The van der Waals surface area contributed by atoms with Crippen LogP contribution >= 0.6 is 11.6 Å². The van der Waals surface area contributed by atoms with Crippen molar-refractivity contribution in [2.75, 3.05) is 11.9 Å². The van der Waals surface area contributed by atoms with E-state index >= 15 is 0 Å². The van der Waals surface area contributed by atoms with Crippen LogP contribution in [0.5, 0.6) is 5.75 Å². The van der Waals surface area contributed by atoms with Gasteiger partial charge in [-0.2, -0.15) is 0 Å². The van der Waals surface area contributed by atoms with Crippen LogP contribution in [0.3, 0.4) is 0 Å². The molecule has 0 radical (unpaired) electrons. The highest BCUT2D eigenvalue weighted by Crippen LogP contribution is 2.44. The van der Waals surface area contributed by atoms with Crippen LogP contribution in [-0.4, -0.2) is 18.3 Å². The van der Waals surface area contributed by atoms with Crippen LogP contribution < -0.4 is 10.1 Å². The maximum Gasteiger partial charge on any atom is 0.132 e. The molecule has 0 bridgehead atoms. The lowest BCUT2D eigenvalue weighted by atomic mass is 9.87. The van der Waals surface area contributed by atoms with E-state index in [1.807, 2.05) is 37.3 Å². The van der Waals surface area contributed by atoms with E-state index in [1.165, 1.54) is 11.1 Å². The standard InChI is InChI=1S/C28H32ClNO3/c1-5-31-26-24-16-23(30-17-21-11-7-6-9-19(21)2)13-14-25(24)33-28(3,4)27(26)32-18-20-10-8-12-22(29)15-20/h6-16,26-27,30H,5,17-18H2,1-4H3. The predicted molar refractivity (Wildman–Crippen MR) is 134 cm³/mol. The van der Waals surface area contributed by atoms with Crippen molar-refractivity contribution in [2.24, 2.45) is 0 Å². The van der Waals surface area contributed by atoms with E-state index in [-0.39, 0.29) is 12.2 Å². The van der Waals surface area contributed by atoms with Gasteiger partial charge in [0.25, 0.3) is 0 Å². The van der Waals surface area contributed by atoms with Gasteiger partial charge in [0.05, 0.1) is 6.61 Å². The molecule has 3 aromatic rings. The molecule has 0 spiro atoms. The number of benzene rings is 3. The molecule has 0 fully saturated rings. The quantitative estimate of drug-likeness (QED) is 0.385. The topological polar surface area (TPSA) is 39.7 Å². The summed E-state index contributed by atoms with van der Waals surface area (Å²) in [5, 5.41) is 4.25. The molecule has 0 aliphatic carbocycles. The van der Waals surface area contributed by atoms with E-state index in [4.69, 9.17) is 25.8 Å². The number of rotatable bonds is 8. The second-order valence-electron chi connectivity index (χ2n) is 8.98. The van der Waals surface area contributed by atoms with Gasteiger partial charge in [0, 0.05) is 29.4 Å².